The highest BCUT2D eigenvalue weighted by Crippen LogP contribution is 2.19. The standard InChI is InChI=1S/C20H21N3O2/c1-14-2-4-15(5-3-14)6-13-19(24)21-16-7-9-17(10-8-16)22-20(25)23-18-11-12-18/h2-10,13,18H,11-12H2,1H3,(H,21,24)(H2,22,23,25)/b13-6+. The fourth-order valence-electron chi connectivity index (χ4n) is 2.25. The second kappa shape index (κ2) is 7.66. The molecule has 3 rings (SSSR count). The van der Waals surface area contributed by atoms with E-state index in [0.717, 1.165) is 18.4 Å². The van der Waals surface area contributed by atoms with Gasteiger partial charge < -0.3 is 16.0 Å². The average molecular weight is 335 g/mol. The zero-order valence-corrected chi connectivity index (χ0v) is 14.1. The van der Waals surface area contributed by atoms with Crippen molar-refractivity contribution in [1.29, 1.82) is 0 Å². The molecule has 2 aromatic carbocycles. The molecule has 1 aliphatic rings. The van der Waals surface area contributed by atoms with Gasteiger partial charge in [0.15, 0.2) is 0 Å². The predicted molar refractivity (Wildman–Crippen MR) is 100 cm³/mol. The zero-order chi connectivity index (χ0) is 17.6. The third-order valence-electron chi connectivity index (χ3n) is 3.83. The van der Waals surface area contributed by atoms with E-state index in [1.807, 2.05) is 31.2 Å². The van der Waals surface area contributed by atoms with Gasteiger partial charge in [-0.15, -0.1) is 0 Å². The summed E-state index contributed by atoms with van der Waals surface area (Å²) in [5, 5.41) is 8.42. The van der Waals surface area contributed by atoms with Gasteiger partial charge in [0, 0.05) is 23.5 Å². The monoisotopic (exact) mass is 335 g/mol. The van der Waals surface area contributed by atoms with Crippen LogP contribution in [0.3, 0.4) is 0 Å². The highest BCUT2D eigenvalue weighted by atomic mass is 16.2. The van der Waals surface area contributed by atoms with Gasteiger partial charge in [-0.2, -0.15) is 0 Å². The zero-order valence-electron chi connectivity index (χ0n) is 14.1. The van der Waals surface area contributed by atoms with E-state index in [1.54, 1.807) is 30.3 Å². The summed E-state index contributed by atoms with van der Waals surface area (Å²) in [6.07, 6.45) is 5.37. The summed E-state index contributed by atoms with van der Waals surface area (Å²) in [6, 6.07) is 15.1. The van der Waals surface area contributed by atoms with E-state index in [2.05, 4.69) is 16.0 Å². The van der Waals surface area contributed by atoms with Crippen molar-refractivity contribution in [3.63, 3.8) is 0 Å². The molecule has 3 N–H and O–H groups in total. The lowest BCUT2D eigenvalue weighted by Gasteiger charge is -2.08. The van der Waals surface area contributed by atoms with Crippen molar-refractivity contribution in [3.05, 3.63) is 65.7 Å². The van der Waals surface area contributed by atoms with Crippen molar-refractivity contribution in [3.8, 4) is 0 Å². The molecule has 1 saturated carbocycles. The van der Waals surface area contributed by atoms with E-state index in [4.69, 9.17) is 0 Å². The minimum atomic E-state index is -0.201. The molecule has 0 saturated heterocycles. The molecule has 0 atom stereocenters. The van der Waals surface area contributed by atoms with Gasteiger partial charge in [0.1, 0.15) is 0 Å². The number of anilines is 2. The van der Waals surface area contributed by atoms with Crippen LogP contribution in [-0.2, 0) is 4.79 Å². The second-order valence-corrected chi connectivity index (χ2v) is 6.18. The van der Waals surface area contributed by atoms with E-state index in [-0.39, 0.29) is 11.9 Å². The molecule has 3 amide bonds. The molecule has 1 fully saturated rings. The van der Waals surface area contributed by atoms with E-state index in [9.17, 15) is 9.59 Å². The minimum Gasteiger partial charge on any atom is -0.335 e. The summed E-state index contributed by atoms with van der Waals surface area (Å²) in [7, 11) is 0. The van der Waals surface area contributed by atoms with E-state index in [0.29, 0.717) is 17.4 Å². The first-order valence-electron chi connectivity index (χ1n) is 8.32. The van der Waals surface area contributed by atoms with Gasteiger partial charge >= 0.3 is 6.03 Å². The van der Waals surface area contributed by atoms with Crippen molar-refractivity contribution < 1.29 is 9.59 Å². The number of benzene rings is 2. The predicted octanol–water partition coefficient (Wildman–Crippen LogP) is 3.93. The van der Waals surface area contributed by atoms with Gasteiger partial charge in [0.05, 0.1) is 0 Å². The Bertz CT molecular complexity index is 776. The quantitative estimate of drug-likeness (QED) is 0.725. The molecule has 1 aliphatic carbocycles. The number of rotatable bonds is 5. The molecule has 128 valence electrons. The fourth-order valence-corrected chi connectivity index (χ4v) is 2.25. The van der Waals surface area contributed by atoms with Crippen LogP contribution in [0.4, 0.5) is 16.2 Å². The first kappa shape index (κ1) is 16.8. The van der Waals surface area contributed by atoms with Crippen LogP contribution in [-0.4, -0.2) is 18.0 Å². The second-order valence-electron chi connectivity index (χ2n) is 6.18. The highest BCUT2D eigenvalue weighted by molar-refractivity contribution is 6.02. The van der Waals surface area contributed by atoms with Crippen molar-refractivity contribution in [2.75, 3.05) is 10.6 Å². The maximum atomic E-state index is 12.0. The van der Waals surface area contributed by atoms with Crippen LogP contribution in [0.1, 0.15) is 24.0 Å². The van der Waals surface area contributed by atoms with Gasteiger partial charge in [-0.25, -0.2) is 4.79 Å². The lowest BCUT2D eigenvalue weighted by molar-refractivity contribution is -0.111. The van der Waals surface area contributed by atoms with Crippen LogP contribution in [0.5, 0.6) is 0 Å². The Balaban J connectivity index is 1.50. The van der Waals surface area contributed by atoms with Crippen LogP contribution < -0.4 is 16.0 Å². The van der Waals surface area contributed by atoms with Crippen LogP contribution >= 0.6 is 0 Å². The molecule has 0 spiro atoms. The molecule has 0 aromatic heterocycles. The highest BCUT2D eigenvalue weighted by Gasteiger charge is 2.23. The summed E-state index contributed by atoms with van der Waals surface area (Å²) < 4.78 is 0. The number of urea groups is 1. The third kappa shape index (κ3) is 5.49. The van der Waals surface area contributed by atoms with E-state index >= 15 is 0 Å². The smallest absolute Gasteiger partial charge is 0.319 e. The first-order chi connectivity index (χ1) is 12.1. The summed E-state index contributed by atoms with van der Waals surface area (Å²) in [6.45, 7) is 2.02. The summed E-state index contributed by atoms with van der Waals surface area (Å²) in [4.78, 5) is 23.6. The van der Waals surface area contributed by atoms with E-state index < -0.39 is 0 Å². The Morgan fingerprint density at radius 2 is 1.52 bits per heavy atom. The van der Waals surface area contributed by atoms with Gasteiger partial charge in [0.2, 0.25) is 5.91 Å². The number of nitrogens with one attached hydrogen (secondary N) is 3. The molecule has 5 nitrogen and oxygen atoms in total. The number of amides is 3. The van der Waals surface area contributed by atoms with Gasteiger partial charge in [-0.3, -0.25) is 4.79 Å². The Morgan fingerprint density at radius 1 is 0.920 bits per heavy atom. The molecule has 25 heavy (non-hydrogen) atoms. The molecule has 0 bridgehead atoms. The van der Waals surface area contributed by atoms with Gasteiger partial charge in [0.25, 0.3) is 0 Å². The molecule has 0 radical (unpaired) electrons. The largest absolute Gasteiger partial charge is 0.335 e. The molecule has 0 heterocycles. The Labute approximate surface area is 147 Å². The maximum absolute atomic E-state index is 12.0. The van der Waals surface area contributed by atoms with Crippen LogP contribution in [0, 0.1) is 6.92 Å². The molecule has 0 unspecified atom stereocenters. The lowest BCUT2D eigenvalue weighted by atomic mass is 10.1. The average Bonchev–Trinajstić information content (AvgIpc) is 3.40. The van der Waals surface area contributed by atoms with Crippen LogP contribution in [0.25, 0.3) is 6.08 Å². The number of hydrogen-bond acceptors (Lipinski definition) is 2. The third-order valence-corrected chi connectivity index (χ3v) is 3.83. The number of carbonyl (C=O) groups excluding carboxylic acids is 2. The van der Waals surface area contributed by atoms with E-state index in [1.165, 1.54) is 11.6 Å². The van der Waals surface area contributed by atoms with Crippen molar-refractivity contribution in [2.24, 2.45) is 0 Å². The molecule has 2 aromatic rings. The summed E-state index contributed by atoms with van der Waals surface area (Å²) >= 11 is 0. The number of aryl methyl sites for hydroxylation is 1. The summed E-state index contributed by atoms with van der Waals surface area (Å²) in [5.41, 5.74) is 3.51. The Morgan fingerprint density at radius 3 is 2.12 bits per heavy atom. The van der Waals surface area contributed by atoms with Crippen molar-refractivity contribution in [2.45, 2.75) is 25.8 Å². The topological polar surface area (TPSA) is 70.2 Å². The van der Waals surface area contributed by atoms with Gasteiger partial charge in [-0.05, 0) is 55.7 Å². The minimum absolute atomic E-state index is 0.194. The molecular weight excluding hydrogens is 314 g/mol. The van der Waals surface area contributed by atoms with Crippen molar-refractivity contribution in [1.82, 2.24) is 5.32 Å². The molecule has 0 aliphatic heterocycles. The first-order valence-corrected chi connectivity index (χ1v) is 8.32. The van der Waals surface area contributed by atoms with Crippen LogP contribution in [0.15, 0.2) is 54.6 Å². The normalized spacial score (nSPS) is 13.5. The number of carbonyl (C=O) groups is 2. The lowest BCUT2D eigenvalue weighted by Crippen LogP contribution is -2.30. The molecular formula is C20H21N3O2. The summed E-state index contributed by atoms with van der Waals surface area (Å²) in [5.74, 6) is -0.201. The maximum Gasteiger partial charge on any atom is 0.319 e. The number of hydrogen-bond donors (Lipinski definition) is 3. The SMILES string of the molecule is Cc1ccc(/C=C/C(=O)Nc2ccc(NC(=O)NC3CC3)cc2)cc1. The molecule has 5 heteroatoms. The van der Waals surface area contributed by atoms with Gasteiger partial charge in [-0.1, -0.05) is 29.8 Å². The fraction of sp³-hybridized carbons (Fsp3) is 0.200. The Kier molecular flexibility index (Phi) is 5.14. The van der Waals surface area contributed by atoms with Crippen LogP contribution in [0.2, 0.25) is 0 Å². The Hall–Kier alpha value is -3.08. The van der Waals surface area contributed by atoms with Crippen molar-refractivity contribution >= 4 is 29.4 Å².